The lowest BCUT2D eigenvalue weighted by Crippen LogP contribution is -2.11. The van der Waals surface area contributed by atoms with Gasteiger partial charge in [0, 0.05) is 6.04 Å². The second kappa shape index (κ2) is 3.62. The van der Waals surface area contributed by atoms with Crippen LogP contribution >= 0.6 is 0 Å². The number of fused-ring (bicyclic) bond motifs is 1. The van der Waals surface area contributed by atoms with Crippen LogP contribution in [0, 0.1) is 0 Å². The van der Waals surface area contributed by atoms with Crippen molar-refractivity contribution < 1.29 is 5.11 Å². The molecule has 0 spiro atoms. The van der Waals surface area contributed by atoms with Gasteiger partial charge in [0.2, 0.25) is 0 Å². The Morgan fingerprint density at radius 1 is 1.36 bits per heavy atom. The first-order chi connectivity index (χ1) is 6.74. The van der Waals surface area contributed by atoms with Crippen molar-refractivity contribution in [1.29, 1.82) is 0 Å². The third-order valence-electron chi connectivity index (χ3n) is 3.14. The maximum atomic E-state index is 9.67. The van der Waals surface area contributed by atoms with Crippen molar-refractivity contribution in [3.8, 4) is 5.75 Å². The number of nitrogens with two attached hydrogens (primary N) is 1. The summed E-state index contributed by atoms with van der Waals surface area (Å²) in [5, 5.41) is 9.67. The summed E-state index contributed by atoms with van der Waals surface area (Å²) in [6.07, 6.45) is 4.19. The van der Waals surface area contributed by atoms with Gasteiger partial charge in [0.05, 0.1) is 0 Å². The fourth-order valence-electron chi connectivity index (χ4n) is 2.28. The molecule has 0 saturated carbocycles. The monoisotopic (exact) mass is 191 g/mol. The van der Waals surface area contributed by atoms with E-state index in [1.165, 1.54) is 11.1 Å². The topological polar surface area (TPSA) is 46.2 Å². The van der Waals surface area contributed by atoms with Gasteiger partial charge in [-0.3, -0.25) is 0 Å². The molecule has 2 nitrogen and oxygen atoms in total. The molecule has 1 aliphatic carbocycles. The molecule has 1 aliphatic rings. The van der Waals surface area contributed by atoms with E-state index in [-0.39, 0.29) is 6.04 Å². The summed E-state index contributed by atoms with van der Waals surface area (Å²) >= 11 is 0. The predicted molar refractivity (Wildman–Crippen MR) is 57.4 cm³/mol. The van der Waals surface area contributed by atoms with Gasteiger partial charge in [0.15, 0.2) is 0 Å². The van der Waals surface area contributed by atoms with Gasteiger partial charge in [-0.1, -0.05) is 13.0 Å². The van der Waals surface area contributed by atoms with E-state index in [4.69, 9.17) is 5.73 Å². The minimum absolute atomic E-state index is 0.127. The second-order valence-electron chi connectivity index (χ2n) is 4.00. The zero-order valence-electron chi connectivity index (χ0n) is 8.59. The Morgan fingerprint density at radius 3 is 2.79 bits per heavy atom. The molecule has 0 saturated heterocycles. The molecule has 2 heteroatoms. The zero-order valence-corrected chi connectivity index (χ0v) is 8.59. The molecule has 0 bridgehead atoms. The molecule has 0 heterocycles. The molecule has 0 fully saturated rings. The van der Waals surface area contributed by atoms with Crippen LogP contribution in [0.25, 0.3) is 0 Å². The van der Waals surface area contributed by atoms with E-state index in [0.29, 0.717) is 5.75 Å². The third kappa shape index (κ3) is 1.40. The normalized spacial score (nSPS) is 16.7. The Labute approximate surface area is 84.7 Å². The van der Waals surface area contributed by atoms with Crippen LogP contribution in [0.3, 0.4) is 0 Å². The van der Waals surface area contributed by atoms with Crippen LogP contribution in [-0.2, 0) is 12.8 Å². The minimum atomic E-state index is 0.127. The standard InChI is InChI=1S/C12H17NO/c1-2-11(13)9-6-7-12(14)10-5-3-4-8(9)10/h6-7,11,14H,2-5,13H2,1H3/t11-/m0/s1. The van der Waals surface area contributed by atoms with Crippen molar-refractivity contribution in [3.63, 3.8) is 0 Å². The van der Waals surface area contributed by atoms with Crippen LogP contribution in [0.5, 0.6) is 5.75 Å². The lowest BCUT2D eigenvalue weighted by atomic mass is 9.96. The smallest absolute Gasteiger partial charge is 0.119 e. The first-order valence-electron chi connectivity index (χ1n) is 5.33. The highest BCUT2D eigenvalue weighted by molar-refractivity contribution is 5.48. The van der Waals surface area contributed by atoms with Gasteiger partial charge >= 0.3 is 0 Å². The molecule has 14 heavy (non-hydrogen) atoms. The van der Waals surface area contributed by atoms with E-state index in [0.717, 1.165) is 31.2 Å². The molecular formula is C12H17NO. The average Bonchev–Trinajstić information content (AvgIpc) is 2.67. The van der Waals surface area contributed by atoms with Crippen molar-refractivity contribution in [2.24, 2.45) is 5.73 Å². The predicted octanol–water partition coefficient (Wildman–Crippen LogP) is 2.29. The maximum absolute atomic E-state index is 9.67. The van der Waals surface area contributed by atoms with Crippen molar-refractivity contribution >= 4 is 0 Å². The summed E-state index contributed by atoms with van der Waals surface area (Å²) in [4.78, 5) is 0. The van der Waals surface area contributed by atoms with Gasteiger partial charge in [0.25, 0.3) is 0 Å². The molecule has 0 unspecified atom stereocenters. The van der Waals surface area contributed by atoms with Crippen molar-refractivity contribution in [1.82, 2.24) is 0 Å². The van der Waals surface area contributed by atoms with Gasteiger partial charge in [-0.2, -0.15) is 0 Å². The Bertz CT molecular complexity index is 346. The molecule has 3 N–H and O–H groups in total. The number of phenols is 1. The molecule has 0 aromatic heterocycles. The van der Waals surface area contributed by atoms with Crippen molar-refractivity contribution in [3.05, 3.63) is 28.8 Å². The van der Waals surface area contributed by atoms with E-state index in [1.807, 2.05) is 6.07 Å². The Kier molecular flexibility index (Phi) is 2.46. The first kappa shape index (κ1) is 9.53. The van der Waals surface area contributed by atoms with Crippen LogP contribution in [0.1, 0.15) is 42.5 Å². The fraction of sp³-hybridized carbons (Fsp3) is 0.500. The molecule has 1 atom stereocenters. The van der Waals surface area contributed by atoms with Crippen LogP contribution in [0.2, 0.25) is 0 Å². The highest BCUT2D eigenvalue weighted by atomic mass is 16.3. The van der Waals surface area contributed by atoms with Gasteiger partial charge in [-0.15, -0.1) is 0 Å². The lowest BCUT2D eigenvalue weighted by molar-refractivity contribution is 0.468. The summed E-state index contributed by atoms with van der Waals surface area (Å²) in [6.45, 7) is 2.10. The maximum Gasteiger partial charge on any atom is 0.119 e. The van der Waals surface area contributed by atoms with Crippen LogP contribution < -0.4 is 5.73 Å². The molecule has 0 aliphatic heterocycles. The number of rotatable bonds is 2. The first-order valence-corrected chi connectivity index (χ1v) is 5.33. The molecule has 0 radical (unpaired) electrons. The van der Waals surface area contributed by atoms with Crippen LogP contribution in [-0.4, -0.2) is 5.11 Å². The summed E-state index contributed by atoms with van der Waals surface area (Å²) in [6, 6.07) is 3.89. The number of aromatic hydroxyl groups is 1. The fourth-order valence-corrected chi connectivity index (χ4v) is 2.28. The zero-order chi connectivity index (χ0) is 10.1. The van der Waals surface area contributed by atoms with E-state index in [9.17, 15) is 5.11 Å². The Hall–Kier alpha value is -1.02. The molecule has 2 rings (SSSR count). The summed E-state index contributed by atoms with van der Waals surface area (Å²) in [5.41, 5.74) is 9.71. The van der Waals surface area contributed by atoms with Crippen LogP contribution in [0.15, 0.2) is 12.1 Å². The lowest BCUT2D eigenvalue weighted by Gasteiger charge is -2.15. The van der Waals surface area contributed by atoms with Gasteiger partial charge in [-0.25, -0.2) is 0 Å². The Balaban J connectivity index is 2.48. The van der Waals surface area contributed by atoms with Crippen LogP contribution in [0.4, 0.5) is 0 Å². The average molecular weight is 191 g/mol. The van der Waals surface area contributed by atoms with Crippen molar-refractivity contribution in [2.75, 3.05) is 0 Å². The Morgan fingerprint density at radius 2 is 2.07 bits per heavy atom. The molecule has 1 aromatic rings. The van der Waals surface area contributed by atoms with Gasteiger partial charge < -0.3 is 10.8 Å². The van der Waals surface area contributed by atoms with Gasteiger partial charge in [0.1, 0.15) is 5.75 Å². The minimum Gasteiger partial charge on any atom is -0.508 e. The largest absolute Gasteiger partial charge is 0.508 e. The number of hydrogen-bond acceptors (Lipinski definition) is 2. The number of hydrogen-bond donors (Lipinski definition) is 2. The number of benzene rings is 1. The summed E-state index contributed by atoms with van der Waals surface area (Å²) in [5.74, 6) is 0.449. The van der Waals surface area contributed by atoms with E-state index >= 15 is 0 Å². The second-order valence-corrected chi connectivity index (χ2v) is 4.00. The third-order valence-corrected chi connectivity index (χ3v) is 3.14. The van der Waals surface area contributed by atoms with E-state index in [2.05, 4.69) is 6.92 Å². The number of phenolic OH excluding ortho intramolecular Hbond substituents is 1. The molecule has 76 valence electrons. The van der Waals surface area contributed by atoms with E-state index in [1.54, 1.807) is 6.07 Å². The molecule has 1 aromatic carbocycles. The summed E-state index contributed by atoms with van der Waals surface area (Å²) < 4.78 is 0. The quantitative estimate of drug-likeness (QED) is 0.753. The summed E-state index contributed by atoms with van der Waals surface area (Å²) in [7, 11) is 0. The molecule has 0 amide bonds. The van der Waals surface area contributed by atoms with E-state index < -0.39 is 0 Å². The SMILES string of the molecule is CC[C@H](N)c1ccc(O)c2c1CCC2. The van der Waals surface area contributed by atoms with Gasteiger partial charge in [-0.05, 0) is 48.4 Å². The highest BCUT2D eigenvalue weighted by Gasteiger charge is 2.20. The highest BCUT2D eigenvalue weighted by Crippen LogP contribution is 2.34. The molecular weight excluding hydrogens is 174 g/mol. The van der Waals surface area contributed by atoms with Crippen molar-refractivity contribution in [2.45, 2.75) is 38.6 Å².